The van der Waals surface area contributed by atoms with Crippen LogP contribution in [0.15, 0.2) is 11.4 Å². The summed E-state index contributed by atoms with van der Waals surface area (Å²) in [5.41, 5.74) is 1.06. The fourth-order valence-electron chi connectivity index (χ4n) is 1.12. The van der Waals surface area contributed by atoms with E-state index in [-0.39, 0.29) is 5.41 Å². The molecule has 0 radical (unpaired) electrons. The highest BCUT2D eigenvalue weighted by atomic mass is 32.2. The third-order valence-electron chi connectivity index (χ3n) is 1.92. The van der Waals surface area contributed by atoms with Crippen LogP contribution in [0.2, 0.25) is 0 Å². The molecule has 3 nitrogen and oxygen atoms in total. The van der Waals surface area contributed by atoms with E-state index in [1.807, 2.05) is 12.5 Å². The van der Waals surface area contributed by atoms with Crippen molar-refractivity contribution >= 4 is 11.8 Å². The first kappa shape index (κ1) is 11.3. The van der Waals surface area contributed by atoms with Crippen molar-refractivity contribution < 1.29 is 4.74 Å². The molecule has 0 aliphatic rings. The van der Waals surface area contributed by atoms with Crippen LogP contribution in [0.1, 0.15) is 26.3 Å². The van der Waals surface area contributed by atoms with E-state index >= 15 is 0 Å². The lowest BCUT2D eigenvalue weighted by atomic mass is 9.89. The molecule has 0 saturated heterocycles. The minimum Gasteiger partial charge on any atom is -0.481 e. The van der Waals surface area contributed by atoms with E-state index in [4.69, 9.17) is 4.74 Å². The average Bonchev–Trinajstić information content (AvgIpc) is 2.15. The Kier molecular flexibility index (Phi) is 3.37. The van der Waals surface area contributed by atoms with Crippen molar-refractivity contribution in [2.24, 2.45) is 0 Å². The zero-order chi connectivity index (χ0) is 10.8. The van der Waals surface area contributed by atoms with Gasteiger partial charge in [-0.25, -0.2) is 4.98 Å². The van der Waals surface area contributed by atoms with Crippen molar-refractivity contribution in [2.75, 3.05) is 13.4 Å². The molecule has 0 aliphatic carbocycles. The second kappa shape index (κ2) is 4.17. The Balaban J connectivity index is 3.18. The van der Waals surface area contributed by atoms with E-state index < -0.39 is 0 Å². The Bertz CT molecular complexity index is 320. The van der Waals surface area contributed by atoms with Crippen LogP contribution < -0.4 is 4.74 Å². The van der Waals surface area contributed by atoms with Gasteiger partial charge in [0.2, 0.25) is 5.88 Å². The highest BCUT2D eigenvalue weighted by Gasteiger charge is 2.20. The normalized spacial score (nSPS) is 11.5. The van der Waals surface area contributed by atoms with Crippen LogP contribution in [0.4, 0.5) is 0 Å². The van der Waals surface area contributed by atoms with Gasteiger partial charge in [0.05, 0.1) is 7.11 Å². The van der Waals surface area contributed by atoms with Crippen LogP contribution in [-0.4, -0.2) is 23.3 Å². The summed E-state index contributed by atoms with van der Waals surface area (Å²) in [6, 6.07) is 0. The van der Waals surface area contributed by atoms with Gasteiger partial charge in [0.15, 0.2) is 5.16 Å². The van der Waals surface area contributed by atoms with Crippen molar-refractivity contribution in [3.63, 3.8) is 0 Å². The first-order valence-corrected chi connectivity index (χ1v) is 5.67. The van der Waals surface area contributed by atoms with Crippen LogP contribution in [0, 0.1) is 0 Å². The van der Waals surface area contributed by atoms with Gasteiger partial charge in [-0.1, -0.05) is 32.5 Å². The lowest BCUT2D eigenvalue weighted by Gasteiger charge is -2.20. The van der Waals surface area contributed by atoms with Crippen molar-refractivity contribution in [2.45, 2.75) is 31.3 Å². The average molecular weight is 212 g/mol. The van der Waals surface area contributed by atoms with Gasteiger partial charge in [-0.3, -0.25) is 0 Å². The lowest BCUT2D eigenvalue weighted by Crippen LogP contribution is -2.14. The molecule has 0 saturated carbocycles. The fraction of sp³-hybridized carbons (Fsp3) is 0.600. The first-order chi connectivity index (χ1) is 6.49. The zero-order valence-electron chi connectivity index (χ0n) is 9.29. The monoisotopic (exact) mass is 212 g/mol. The van der Waals surface area contributed by atoms with Crippen molar-refractivity contribution in [1.82, 2.24) is 9.97 Å². The van der Waals surface area contributed by atoms with Gasteiger partial charge in [-0.2, -0.15) is 4.98 Å². The number of hydrogen-bond acceptors (Lipinski definition) is 4. The minimum absolute atomic E-state index is 0.0162. The number of methoxy groups -OCH3 is 1. The summed E-state index contributed by atoms with van der Waals surface area (Å²) in [6.45, 7) is 6.35. The maximum Gasteiger partial charge on any atom is 0.220 e. The summed E-state index contributed by atoms with van der Waals surface area (Å²) in [5, 5.41) is 0.745. The SMILES string of the molecule is COc1nc(SC)ncc1C(C)(C)C. The second-order valence-electron chi connectivity index (χ2n) is 4.03. The van der Waals surface area contributed by atoms with E-state index in [0.717, 1.165) is 10.7 Å². The van der Waals surface area contributed by atoms with E-state index in [2.05, 4.69) is 30.7 Å². The lowest BCUT2D eigenvalue weighted by molar-refractivity contribution is 0.374. The molecule has 0 amide bonds. The standard InChI is InChI=1S/C10H16N2OS/c1-10(2,3)7-6-11-9(14-5)12-8(7)13-4/h6H,1-5H3. The van der Waals surface area contributed by atoms with E-state index in [1.54, 1.807) is 7.11 Å². The fourth-order valence-corrected chi connectivity index (χ4v) is 1.45. The molecule has 4 heteroatoms. The highest BCUT2D eigenvalue weighted by molar-refractivity contribution is 7.98. The number of rotatable bonds is 2. The maximum atomic E-state index is 5.25. The Morgan fingerprint density at radius 3 is 2.43 bits per heavy atom. The van der Waals surface area contributed by atoms with Crippen LogP contribution in [-0.2, 0) is 5.41 Å². The molecule has 0 unspecified atom stereocenters. The molecule has 0 spiro atoms. The Morgan fingerprint density at radius 2 is 2.00 bits per heavy atom. The van der Waals surface area contributed by atoms with Gasteiger partial charge in [0.1, 0.15) is 0 Å². The third-order valence-corrected chi connectivity index (χ3v) is 2.48. The van der Waals surface area contributed by atoms with E-state index in [1.165, 1.54) is 11.8 Å². The van der Waals surface area contributed by atoms with E-state index in [9.17, 15) is 0 Å². The number of ether oxygens (including phenoxy) is 1. The predicted molar refractivity (Wildman–Crippen MR) is 59.1 cm³/mol. The molecule has 0 aliphatic heterocycles. The van der Waals surface area contributed by atoms with Crippen molar-refractivity contribution in [3.05, 3.63) is 11.8 Å². The molecule has 0 atom stereocenters. The summed E-state index contributed by atoms with van der Waals surface area (Å²) >= 11 is 1.52. The summed E-state index contributed by atoms with van der Waals surface area (Å²) in [6.07, 6.45) is 3.79. The summed E-state index contributed by atoms with van der Waals surface area (Å²) in [7, 11) is 1.64. The molecule has 0 N–H and O–H groups in total. The minimum atomic E-state index is 0.0162. The van der Waals surface area contributed by atoms with Crippen LogP contribution >= 0.6 is 11.8 Å². The Labute approximate surface area is 89.3 Å². The molecule has 1 rings (SSSR count). The number of nitrogens with zero attached hydrogens (tertiary/aromatic N) is 2. The molecule has 0 aromatic carbocycles. The quantitative estimate of drug-likeness (QED) is 0.557. The van der Waals surface area contributed by atoms with Crippen LogP contribution in [0.5, 0.6) is 5.88 Å². The molecular weight excluding hydrogens is 196 g/mol. The topological polar surface area (TPSA) is 35.0 Å². The maximum absolute atomic E-state index is 5.25. The van der Waals surface area contributed by atoms with Gasteiger partial charge < -0.3 is 4.74 Å². The van der Waals surface area contributed by atoms with Gasteiger partial charge in [-0.15, -0.1) is 0 Å². The van der Waals surface area contributed by atoms with Gasteiger partial charge in [0.25, 0.3) is 0 Å². The first-order valence-electron chi connectivity index (χ1n) is 4.44. The zero-order valence-corrected chi connectivity index (χ0v) is 10.1. The van der Waals surface area contributed by atoms with E-state index in [0.29, 0.717) is 5.88 Å². The molecule has 1 heterocycles. The predicted octanol–water partition coefficient (Wildman–Crippen LogP) is 2.50. The van der Waals surface area contributed by atoms with Crippen molar-refractivity contribution in [3.8, 4) is 5.88 Å². The van der Waals surface area contributed by atoms with Crippen LogP contribution in [0.25, 0.3) is 0 Å². The summed E-state index contributed by atoms with van der Waals surface area (Å²) in [5.74, 6) is 0.678. The van der Waals surface area contributed by atoms with Crippen LogP contribution in [0.3, 0.4) is 0 Å². The number of aromatic nitrogens is 2. The second-order valence-corrected chi connectivity index (χ2v) is 4.80. The smallest absolute Gasteiger partial charge is 0.220 e. The molecule has 78 valence electrons. The third kappa shape index (κ3) is 2.38. The highest BCUT2D eigenvalue weighted by Crippen LogP contribution is 2.29. The van der Waals surface area contributed by atoms with Gasteiger partial charge >= 0.3 is 0 Å². The molecule has 1 aromatic heterocycles. The summed E-state index contributed by atoms with van der Waals surface area (Å²) < 4.78 is 5.25. The molecule has 14 heavy (non-hydrogen) atoms. The number of hydrogen-bond donors (Lipinski definition) is 0. The van der Waals surface area contributed by atoms with Gasteiger partial charge in [0, 0.05) is 11.8 Å². The molecule has 0 bridgehead atoms. The Hall–Kier alpha value is -0.770. The largest absolute Gasteiger partial charge is 0.481 e. The summed E-state index contributed by atoms with van der Waals surface area (Å²) in [4.78, 5) is 8.55. The molecular formula is C10H16N2OS. The molecule has 0 fully saturated rings. The number of thioether (sulfide) groups is 1. The van der Waals surface area contributed by atoms with Crippen molar-refractivity contribution in [1.29, 1.82) is 0 Å². The Morgan fingerprint density at radius 1 is 1.36 bits per heavy atom. The molecule has 1 aromatic rings. The van der Waals surface area contributed by atoms with Gasteiger partial charge in [-0.05, 0) is 11.7 Å².